The fourth-order valence-corrected chi connectivity index (χ4v) is 4.79. The van der Waals surface area contributed by atoms with E-state index >= 15 is 0 Å². The van der Waals surface area contributed by atoms with Crippen LogP contribution in [0.1, 0.15) is 53.3 Å². The molecule has 0 aliphatic carbocycles. The molecule has 0 N–H and O–H groups in total. The van der Waals surface area contributed by atoms with Gasteiger partial charge in [0.25, 0.3) is 5.91 Å². The number of likely N-dealkylation sites (tertiary alicyclic amines) is 1. The number of hydrogen-bond donors (Lipinski definition) is 0. The van der Waals surface area contributed by atoms with Crippen molar-refractivity contribution >= 4 is 28.4 Å². The van der Waals surface area contributed by atoms with Crippen molar-refractivity contribution in [1.29, 1.82) is 0 Å². The monoisotopic (exact) mass is 399 g/mol. The summed E-state index contributed by atoms with van der Waals surface area (Å²) in [4.78, 5) is 35.1. The number of nitrogens with zero attached hydrogens (tertiary/aromatic N) is 3. The topological polar surface area (TPSA) is 53.5 Å². The van der Waals surface area contributed by atoms with Crippen molar-refractivity contribution in [2.24, 2.45) is 0 Å². The summed E-state index contributed by atoms with van der Waals surface area (Å²) in [7, 11) is 0. The minimum absolute atomic E-state index is 0.0437. The third-order valence-electron chi connectivity index (χ3n) is 6.24. The van der Waals surface area contributed by atoms with Gasteiger partial charge in [0.1, 0.15) is 0 Å². The summed E-state index contributed by atoms with van der Waals surface area (Å²) in [5, 5.41) is 0.930. The quantitative estimate of drug-likeness (QED) is 0.644. The Bertz CT molecular complexity index is 1130. The first-order valence-corrected chi connectivity index (χ1v) is 10.7. The Hall–Kier alpha value is -3.21. The standard InChI is InChI=1S/C25H25N3O2/c1-17-15-22(20-11-5-6-12-21(20)26-17)28-23(16-24(29)27-13-7-2-8-14-27)18-9-3-4-10-19(18)25(28)30/h3-6,9-12,15,23H,2,7-8,13-14,16H2,1H3. The summed E-state index contributed by atoms with van der Waals surface area (Å²) < 4.78 is 0. The van der Waals surface area contributed by atoms with E-state index in [1.54, 1.807) is 0 Å². The summed E-state index contributed by atoms with van der Waals surface area (Å²) in [5.74, 6) is 0.0853. The highest BCUT2D eigenvalue weighted by molar-refractivity contribution is 6.14. The molecule has 2 aromatic carbocycles. The van der Waals surface area contributed by atoms with Crippen molar-refractivity contribution in [3.8, 4) is 0 Å². The Morgan fingerprint density at radius 2 is 1.77 bits per heavy atom. The number of fused-ring (bicyclic) bond motifs is 2. The maximum Gasteiger partial charge on any atom is 0.259 e. The van der Waals surface area contributed by atoms with Gasteiger partial charge in [-0.05, 0) is 49.9 Å². The number of carbonyl (C=O) groups excluding carboxylic acids is 2. The largest absolute Gasteiger partial charge is 0.343 e. The molecule has 152 valence electrons. The molecular weight excluding hydrogens is 374 g/mol. The van der Waals surface area contributed by atoms with Crippen LogP contribution < -0.4 is 4.90 Å². The molecule has 1 aromatic heterocycles. The van der Waals surface area contributed by atoms with Gasteiger partial charge in [0.15, 0.2) is 0 Å². The van der Waals surface area contributed by atoms with Gasteiger partial charge in [-0.25, -0.2) is 0 Å². The number of benzene rings is 2. The van der Waals surface area contributed by atoms with Crippen LogP contribution in [0.25, 0.3) is 10.9 Å². The van der Waals surface area contributed by atoms with Gasteiger partial charge >= 0.3 is 0 Å². The Morgan fingerprint density at radius 1 is 1.03 bits per heavy atom. The Labute approximate surface area is 176 Å². The molecule has 5 heteroatoms. The molecule has 0 saturated carbocycles. The number of piperidine rings is 1. The van der Waals surface area contributed by atoms with Crippen molar-refractivity contribution in [2.45, 2.75) is 38.6 Å². The maximum absolute atomic E-state index is 13.5. The van der Waals surface area contributed by atoms with E-state index in [4.69, 9.17) is 0 Å². The Kier molecular flexibility index (Phi) is 4.74. The van der Waals surface area contributed by atoms with Crippen LogP contribution in [0.2, 0.25) is 0 Å². The predicted octanol–water partition coefficient (Wildman–Crippen LogP) is 4.65. The molecule has 2 aliphatic heterocycles. The molecule has 3 heterocycles. The van der Waals surface area contributed by atoms with Gasteiger partial charge in [-0.15, -0.1) is 0 Å². The second-order valence-corrected chi connectivity index (χ2v) is 8.22. The van der Waals surface area contributed by atoms with Gasteiger partial charge in [0.2, 0.25) is 5.91 Å². The predicted molar refractivity (Wildman–Crippen MR) is 118 cm³/mol. The lowest BCUT2D eigenvalue weighted by Gasteiger charge is -2.31. The average molecular weight is 399 g/mol. The zero-order valence-electron chi connectivity index (χ0n) is 17.2. The summed E-state index contributed by atoms with van der Waals surface area (Å²) in [6.45, 7) is 3.58. The van der Waals surface area contributed by atoms with E-state index in [0.717, 1.165) is 53.8 Å². The van der Waals surface area contributed by atoms with E-state index in [0.29, 0.717) is 12.0 Å². The van der Waals surface area contributed by atoms with Crippen molar-refractivity contribution in [2.75, 3.05) is 18.0 Å². The molecule has 30 heavy (non-hydrogen) atoms. The zero-order valence-corrected chi connectivity index (χ0v) is 17.2. The highest BCUT2D eigenvalue weighted by atomic mass is 16.2. The van der Waals surface area contributed by atoms with E-state index < -0.39 is 0 Å². The van der Waals surface area contributed by atoms with E-state index in [-0.39, 0.29) is 17.9 Å². The first-order chi connectivity index (χ1) is 14.6. The molecule has 1 saturated heterocycles. The normalized spacial score (nSPS) is 18.7. The van der Waals surface area contributed by atoms with Crippen LogP contribution in [0, 0.1) is 6.92 Å². The van der Waals surface area contributed by atoms with Gasteiger partial charge in [-0.2, -0.15) is 0 Å². The maximum atomic E-state index is 13.5. The minimum atomic E-state index is -0.298. The number of hydrogen-bond acceptors (Lipinski definition) is 3. The highest BCUT2D eigenvalue weighted by Crippen LogP contribution is 2.42. The third-order valence-corrected chi connectivity index (χ3v) is 6.24. The van der Waals surface area contributed by atoms with Gasteiger partial charge in [0.05, 0.1) is 23.7 Å². The lowest BCUT2D eigenvalue weighted by Crippen LogP contribution is -2.38. The molecule has 0 bridgehead atoms. The van der Waals surface area contributed by atoms with Crippen LogP contribution in [-0.2, 0) is 4.79 Å². The van der Waals surface area contributed by atoms with Crippen molar-refractivity contribution in [1.82, 2.24) is 9.88 Å². The molecule has 2 aliphatic rings. The molecule has 1 atom stereocenters. The third kappa shape index (κ3) is 3.15. The fourth-order valence-electron chi connectivity index (χ4n) is 4.79. The number of aromatic nitrogens is 1. The van der Waals surface area contributed by atoms with Crippen LogP contribution in [-0.4, -0.2) is 34.8 Å². The van der Waals surface area contributed by atoms with Gasteiger partial charge in [0, 0.05) is 29.7 Å². The fraction of sp³-hybridized carbons (Fsp3) is 0.320. The summed E-state index contributed by atoms with van der Waals surface area (Å²) in [5.41, 5.74) is 4.17. The number of aryl methyl sites for hydroxylation is 1. The molecule has 0 radical (unpaired) electrons. The molecule has 1 unspecified atom stereocenters. The summed E-state index contributed by atoms with van der Waals surface area (Å²) in [6.07, 6.45) is 3.61. The zero-order chi connectivity index (χ0) is 20.7. The lowest BCUT2D eigenvalue weighted by molar-refractivity contribution is -0.132. The number of amides is 2. The second kappa shape index (κ2) is 7.56. The summed E-state index contributed by atoms with van der Waals surface area (Å²) in [6, 6.07) is 17.2. The van der Waals surface area contributed by atoms with Crippen molar-refractivity contribution in [3.63, 3.8) is 0 Å². The summed E-state index contributed by atoms with van der Waals surface area (Å²) >= 11 is 0. The average Bonchev–Trinajstić information content (AvgIpc) is 3.05. The number of para-hydroxylation sites is 1. The van der Waals surface area contributed by atoms with Crippen LogP contribution in [0.3, 0.4) is 0 Å². The van der Waals surface area contributed by atoms with E-state index in [1.165, 1.54) is 6.42 Å². The van der Waals surface area contributed by atoms with E-state index in [2.05, 4.69) is 4.98 Å². The van der Waals surface area contributed by atoms with E-state index in [9.17, 15) is 9.59 Å². The first kappa shape index (κ1) is 18.8. The molecule has 3 aromatic rings. The Morgan fingerprint density at radius 3 is 2.60 bits per heavy atom. The van der Waals surface area contributed by atoms with Crippen LogP contribution >= 0.6 is 0 Å². The number of pyridine rings is 1. The molecule has 2 amide bonds. The number of anilines is 1. The minimum Gasteiger partial charge on any atom is -0.343 e. The Balaban J connectivity index is 1.60. The molecule has 0 spiro atoms. The highest BCUT2D eigenvalue weighted by Gasteiger charge is 2.40. The molecular formula is C25H25N3O2. The molecule has 1 fully saturated rings. The number of rotatable bonds is 3. The van der Waals surface area contributed by atoms with E-state index in [1.807, 2.05) is 71.3 Å². The van der Waals surface area contributed by atoms with Crippen LogP contribution in [0.15, 0.2) is 54.6 Å². The van der Waals surface area contributed by atoms with Crippen molar-refractivity contribution in [3.05, 3.63) is 71.4 Å². The van der Waals surface area contributed by atoms with Gasteiger partial charge < -0.3 is 4.90 Å². The number of carbonyl (C=O) groups is 2. The SMILES string of the molecule is Cc1cc(N2C(=O)c3ccccc3C2CC(=O)N2CCCCC2)c2ccccc2n1. The van der Waals surface area contributed by atoms with Crippen LogP contribution in [0.5, 0.6) is 0 Å². The first-order valence-electron chi connectivity index (χ1n) is 10.7. The molecule has 5 rings (SSSR count). The lowest BCUT2D eigenvalue weighted by atomic mass is 10.0. The van der Waals surface area contributed by atoms with Crippen molar-refractivity contribution < 1.29 is 9.59 Å². The van der Waals surface area contributed by atoms with Crippen LogP contribution in [0.4, 0.5) is 5.69 Å². The smallest absolute Gasteiger partial charge is 0.259 e. The second-order valence-electron chi connectivity index (χ2n) is 8.22. The molecule has 5 nitrogen and oxygen atoms in total. The van der Waals surface area contributed by atoms with Gasteiger partial charge in [-0.3, -0.25) is 19.5 Å². The van der Waals surface area contributed by atoms with Gasteiger partial charge in [-0.1, -0.05) is 36.4 Å².